The minimum Gasteiger partial charge on any atom is -0.454 e. The van der Waals surface area contributed by atoms with E-state index in [1.807, 2.05) is 47.8 Å². The van der Waals surface area contributed by atoms with Crippen LogP contribution >= 0.6 is 11.3 Å². The lowest BCUT2D eigenvalue weighted by molar-refractivity contribution is -0.116. The lowest BCUT2D eigenvalue weighted by Crippen LogP contribution is -2.20. The van der Waals surface area contributed by atoms with E-state index < -0.39 is 0 Å². The molecule has 0 bridgehead atoms. The van der Waals surface area contributed by atoms with Gasteiger partial charge in [-0.2, -0.15) is 0 Å². The highest BCUT2D eigenvalue weighted by atomic mass is 32.1. The summed E-state index contributed by atoms with van der Waals surface area (Å²) in [5, 5.41) is 5.31. The molecule has 2 aromatic carbocycles. The van der Waals surface area contributed by atoms with Crippen molar-refractivity contribution in [3.8, 4) is 22.4 Å². The maximum Gasteiger partial charge on any atom is 0.278 e. The van der Waals surface area contributed by atoms with Crippen LogP contribution < -0.4 is 19.5 Å². The standard InChI is InChI=1S/C20H16N2O4S/c23-19(8-4-14-3-7-17-18(11-14)25-13-24-17)22-12-15-1-5-16(6-2-15)26-20-21-9-10-27-20/h1-11H,12-13H2,(H,22,23)/b8-4+. The Bertz CT molecular complexity index is 953. The fourth-order valence-corrected chi connectivity index (χ4v) is 2.98. The molecular weight excluding hydrogens is 364 g/mol. The van der Waals surface area contributed by atoms with E-state index in [0.29, 0.717) is 23.2 Å². The summed E-state index contributed by atoms with van der Waals surface area (Å²) in [6.07, 6.45) is 4.93. The fourth-order valence-electron chi connectivity index (χ4n) is 2.47. The van der Waals surface area contributed by atoms with Crippen LogP contribution in [0.4, 0.5) is 0 Å². The maximum absolute atomic E-state index is 12.0. The van der Waals surface area contributed by atoms with Crippen molar-refractivity contribution in [3.05, 3.63) is 71.2 Å². The predicted molar refractivity (Wildman–Crippen MR) is 102 cm³/mol. The van der Waals surface area contributed by atoms with Crippen LogP contribution in [-0.2, 0) is 11.3 Å². The van der Waals surface area contributed by atoms with E-state index in [1.54, 1.807) is 12.3 Å². The van der Waals surface area contributed by atoms with Crippen molar-refractivity contribution in [2.24, 2.45) is 0 Å². The van der Waals surface area contributed by atoms with E-state index in [-0.39, 0.29) is 12.7 Å². The largest absolute Gasteiger partial charge is 0.454 e. The lowest BCUT2D eigenvalue weighted by Gasteiger charge is -2.05. The van der Waals surface area contributed by atoms with Crippen LogP contribution in [0.5, 0.6) is 22.4 Å². The van der Waals surface area contributed by atoms with Gasteiger partial charge in [0, 0.05) is 24.2 Å². The second-order valence-electron chi connectivity index (χ2n) is 5.71. The highest BCUT2D eigenvalue weighted by Gasteiger charge is 2.12. The topological polar surface area (TPSA) is 69.7 Å². The van der Waals surface area contributed by atoms with Crippen molar-refractivity contribution < 1.29 is 19.0 Å². The molecule has 136 valence electrons. The maximum atomic E-state index is 12.0. The summed E-state index contributed by atoms with van der Waals surface area (Å²) >= 11 is 1.43. The van der Waals surface area contributed by atoms with Gasteiger partial charge >= 0.3 is 0 Å². The smallest absolute Gasteiger partial charge is 0.278 e. The van der Waals surface area contributed by atoms with Gasteiger partial charge in [-0.3, -0.25) is 4.79 Å². The summed E-state index contributed by atoms with van der Waals surface area (Å²) in [5.74, 6) is 1.95. The number of rotatable bonds is 6. The second-order valence-corrected chi connectivity index (χ2v) is 6.56. The van der Waals surface area contributed by atoms with Gasteiger partial charge in [-0.15, -0.1) is 0 Å². The normalized spacial score (nSPS) is 12.3. The van der Waals surface area contributed by atoms with Crippen molar-refractivity contribution >= 4 is 23.3 Å². The molecule has 7 heteroatoms. The summed E-state index contributed by atoms with van der Waals surface area (Å²) in [6.45, 7) is 0.665. The Hall–Kier alpha value is -3.32. The Morgan fingerprint density at radius 1 is 1.19 bits per heavy atom. The van der Waals surface area contributed by atoms with Gasteiger partial charge in [0.05, 0.1) is 0 Å². The van der Waals surface area contributed by atoms with Gasteiger partial charge in [0.15, 0.2) is 11.5 Å². The molecule has 0 saturated carbocycles. The fraction of sp³-hybridized carbons (Fsp3) is 0.100. The van der Waals surface area contributed by atoms with Gasteiger partial charge in [-0.25, -0.2) is 4.98 Å². The summed E-state index contributed by atoms with van der Waals surface area (Å²) < 4.78 is 16.2. The van der Waals surface area contributed by atoms with E-state index in [4.69, 9.17) is 14.2 Å². The zero-order chi connectivity index (χ0) is 18.5. The molecule has 1 amide bonds. The van der Waals surface area contributed by atoms with E-state index in [2.05, 4.69) is 10.3 Å². The van der Waals surface area contributed by atoms with Crippen LogP contribution in [0.2, 0.25) is 0 Å². The molecule has 6 nitrogen and oxygen atoms in total. The van der Waals surface area contributed by atoms with E-state index in [1.165, 1.54) is 17.4 Å². The lowest BCUT2D eigenvalue weighted by atomic mass is 10.2. The number of hydrogen-bond acceptors (Lipinski definition) is 6. The van der Waals surface area contributed by atoms with Gasteiger partial charge in [-0.05, 0) is 41.5 Å². The molecule has 0 spiro atoms. The molecule has 0 radical (unpaired) electrons. The Balaban J connectivity index is 1.28. The van der Waals surface area contributed by atoms with Crippen LogP contribution in [0.3, 0.4) is 0 Å². The van der Waals surface area contributed by atoms with E-state index in [9.17, 15) is 4.79 Å². The Kier molecular flexibility index (Phi) is 5.02. The second kappa shape index (κ2) is 7.92. The molecule has 0 unspecified atom stereocenters. The minimum atomic E-state index is -0.171. The average Bonchev–Trinajstić information content (AvgIpc) is 3.37. The predicted octanol–water partition coefficient (Wildman–Crippen LogP) is 3.99. The number of ether oxygens (including phenoxy) is 3. The molecule has 0 aliphatic carbocycles. The zero-order valence-corrected chi connectivity index (χ0v) is 15.1. The van der Waals surface area contributed by atoms with Gasteiger partial charge in [0.25, 0.3) is 5.19 Å². The number of benzene rings is 2. The van der Waals surface area contributed by atoms with Crippen LogP contribution in [-0.4, -0.2) is 17.7 Å². The summed E-state index contributed by atoms with van der Waals surface area (Å²) in [5.41, 5.74) is 1.85. The third-order valence-electron chi connectivity index (χ3n) is 3.83. The van der Waals surface area contributed by atoms with Crippen LogP contribution in [0.15, 0.2) is 60.1 Å². The first-order chi connectivity index (χ1) is 13.3. The molecular formula is C20H16N2O4S. The molecule has 1 aliphatic heterocycles. The Labute approximate surface area is 160 Å². The van der Waals surface area contributed by atoms with Gasteiger partial charge < -0.3 is 19.5 Å². The SMILES string of the molecule is O=C(/C=C/c1ccc2c(c1)OCO2)NCc1ccc(Oc2nccs2)cc1. The highest BCUT2D eigenvalue weighted by molar-refractivity contribution is 7.11. The number of carbonyl (C=O) groups excluding carboxylic acids is 1. The molecule has 2 heterocycles. The van der Waals surface area contributed by atoms with Crippen molar-refractivity contribution in [1.29, 1.82) is 0 Å². The number of aromatic nitrogens is 1. The zero-order valence-electron chi connectivity index (χ0n) is 14.3. The monoisotopic (exact) mass is 380 g/mol. The number of nitrogens with zero attached hydrogens (tertiary/aromatic N) is 1. The first-order valence-corrected chi connectivity index (χ1v) is 9.16. The molecule has 27 heavy (non-hydrogen) atoms. The van der Waals surface area contributed by atoms with Gasteiger partial charge in [-0.1, -0.05) is 29.5 Å². The molecule has 1 aliphatic rings. The number of fused-ring (bicyclic) bond motifs is 1. The van der Waals surface area contributed by atoms with Crippen LogP contribution in [0.1, 0.15) is 11.1 Å². The number of amides is 1. The van der Waals surface area contributed by atoms with Crippen molar-refractivity contribution in [1.82, 2.24) is 10.3 Å². The van der Waals surface area contributed by atoms with Crippen LogP contribution in [0.25, 0.3) is 6.08 Å². The minimum absolute atomic E-state index is 0.171. The number of carbonyl (C=O) groups is 1. The third kappa shape index (κ3) is 4.45. The summed E-state index contributed by atoms with van der Waals surface area (Å²) in [6, 6.07) is 13.1. The van der Waals surface area contributed by atoms with Gasteiger partial charge in [0.1, 0.15) is 5.75 Å². The third-order valence-corrected chi connectivity index (χ3v) is 4.48. The van der Waals surface area contributed by atoms with Crippen LogP contribution in [0, 0.1) is 0 Å². The number of nitrogens with one attached hydrogen (secondary N) is 1. The van der Waals surface area contributed by atoms with E-state index >= 15 is 0 Å². The summed E-state index contributed by atoms with van der Waals surface area (Å²) in [4.78, 5) is 16.1. The molecule has 0 saturated heterocycles. The van der Waals surface area contributed by atoms with E-state index in [0.717, 1.165) is 16.9 Å². The Morgan fingerprint density at radius 2 is 2.04 bits per heavy atom. The molecule has 3 aromatic rings. The first-order valence-electron chi connectivity index (χ1n) is 8.28. The van der Waals surface area contributed by atoms with Gasteiger partial charge in [0.2, 0.25) is 12.7 Å². The molecule has 1 N–H and O–H groups in total. The average molecular weight is 380 g/mol. The Morgan fingerprint density at radius 3 is 2.85 bits per heavy atom. The molecule has 4 rings (SSSR count). The van der Waals surface area contributed by atoms with Crippen molar-refractivity contribution in [3.63, 3.8) is 0 Å². The molecule has 1 aromatic heterocycles. The van der Waals surface area contributed by atoms with Crippen molar-refractivity contribution in [2.75, 3.05) is 6.79 Å². The quantitative estimate of drug-likeness (QED) is 0.655. The van der Waals surface area contributed by atoms with Crippen molar-refractivity contribution in [2.45, 2.75) is 6.54 Å². The molecule has 0 fully saturated rings. The molecule has 0 atom stereocenters. The number of hydrogen-bond donors (Lipinski definition) is 1. The summed E-state index contributed by atoms with van der Waals surface area (Å²) in [7, 11) is 0. The first kappa shape index (κ1) is 17.1. The number of thiazole rings is 1. The highest BCUT2D eigenvalue weighted by Crippen LogP contribution is 2.32.